The van der Waals surface area contributed by atoms with Gasteiger partial charge in [-0.1, -0.05) is 0 Å². The van der Waals surface area contributed by atoms with E-state index < -0.39 is 25.1 Å². The van der Waals surface area contributed by atoms with Crippen molar-refractivity contribution in [3.8, 4) is 0 Å². The molecule has 1 aliphatic heterocycles. The predicted octanol–water partition coefficient (Wildman–Crippen LogP) is 0.416. The summed E-state index contributed by atoms with van der Waals surface area (Å²) in [5, 5.41) is 11.3. The zero-order valence-corrected chi connectivity index (χ0v) is 7.91. The molecular formula is C8H14F2N2O2. The molecule has 2 unspecified atom stereocenters. The molecule has 2 N–H and O–H groups in total. The number of amides is 2. The Kier molecular flexibility index (Phi) is 3.62. The van der Waals surface area contributed by atoms with E-state index in [2.05, 4.69) is 5.32 Å². The lowest BCUT2D eigenvalue weighted by Gasteiger charge is -2.21. The third-order valence-corrected chi connectivity index (χ3v) is 2.22. The molecule has 1 saturated heterocycles. The van der Waals surface area contributed by atoms with Gasteiger partial charge in [-0.15, -0.1) is 0 Å². The van der Waals surface area contributed by atoms with Crippen LogP contribution >= 0.6 is 0 Å². The highest BCUT2D eigenvalue weighted by atomic mass is 19.3. The number of nitrogens with zero attached hydrogens (tertiary/aromatic N) is 1. The van der Waals surface area contributed by atoms with E-state index in [9.17, 15) is 18.7 Å². The number of aliphatic hydroxyl groups is 1. The fraction of sp³-hybridized carbons (Fsp3) is 0.875. The van der Waals surface area contributed by atoms with Crippen LogP contribution in [0.3, 0.4) is 0 Å². The molecule has 1 rings (SSSR count). The number of urea groups is 1. The van der Waals surface area contributed by atoms with Crippen LogP contribution in [0.15, 0.2) is 0 Å². The van der Waals surface area contributed by atoms with Gasteiger partial charge in [0, 0.05) is 12.6 Å². The highest BCUT2D eigenvalue weighted by molar-refractivity contribution is 5.74. The molecule has 6 heteroatoms. The summed E-state index contributed by atoms with van der Waals surface area (Å²) in [4.78, 5) is 12.6. The van der Waals surface area contributed by atoms with Crippen molar-refractivity contribution >= 4 is 6.03 Å². The minimum Gasteiger partial charge on any atom is -0.391 e. The second-order valence-corrected chi connectivity index (χ2v) is 3.47. The number of halogens is 2. The lowest BCUT2D eigenvalue weighted by molar-refractivity contribution is 0.136. The summed E-state index contributed by atoms with van der Waals surface area (Å²) >= 11 is 0. The van der Waals surface area contributed by atoms with E-state index in [0.717, 1.165) is 0 Å². The maximum absolute atomic E-state index is 11.8. The van der Waals surface area contributed by atoms with Gasteiger partial charge in [-0.05, 0) is 13.3 Å². The van der Waals surface area contributed by atoms with Gasteiger partial charge in [0.1, 0.15) is 0 Å². The van der Waals surface area contributed by atoms with Gasteiger partial charge in [0.2, 0.25) is 0 Å². The maximum atomic E-state index is 11.8. The average Bonchev–Trinajstić information content (AvgIpc) is 2.41. The number of β-amino-alcohol motifs (C(OH)–C–C–N with tert-alkyl or cyclic N) is 1. The summed E-state index contributed by atoms with van der Waals surface area (Å²) in [7, 11) is 0. The van der Waals surface area contributed by atoms with E-state index in [1.165, 1.54) is 4.90 Å². The van der Waals surface area contributed by atoms with Gasteiger partial charge >= 0.3 is 6.03 Å². The number of aliphatic hydroxyl groups excluding tert-OH is 1. The van der Waals surface area contributed by atoms with Gasteiger partial charge in [0.15, 0.2) is 0 Å². The molecule has 0 radical (unpaired) electrons. The number of alkyl halides is 2. The molecule has 2 amide bonds. The molecule has 0 saturated carbocycles. The Morgan fingerprint density at radius 2 is 2.36 bits per heavy atom. The smallest absolute Gasteiger partial charge is 0.317 e. The number of carbonyl (C=O) groups is 1. The van der Waals surface area contributed by atoms with Crippen LogP contribution in [0.5, 0.6) is 0 Å². The SMILES string of the molecule is CC1CC(O)CN1C(=O)NCC(F)F. The highest BCUT2D eigenvalue weighted by Gasteiger charge is 2.31. The summed E-state index contributed by atoms with van der Waals surface area (Å²) in [6.07, 6.45) is -2.58. The van der Waals surface area contributed by atoms with Crippen molar-refractivity contribution < 1.29 is 18.7 Å². The molecule has 14 heavy (non-hydrogen) atoms. The molecule has 0 aromatic rings. The first-order valence-electron chi connectivity index (χ1n) is 4.51. The summed E-state index contributed by atoms with van der Waals surface area (Å²) in [5.74, 6) is 0. The average molecular weight is 208 g/mol. The first kappa shape index (κ1) is 11.2. The van der Waals surface area contributed by atoms with Crippen molar-refractivity contribution in [2.45, 2.75) is 31.9 Å². The summed E-state index contributed by atoms with van der Waals surface area (Å²) in [6, 6.07) is -0.628. The largest absolute Gasteiger partial charge is 0.391 e. The lowest BCUT2D eigenvalue weighted by atomic mass is 10.2. The van der Waals surface area contributed by atoms with Crippen LogP contribution in [0, 0.1) is 0 Å². The Labute approximate surface area is 80.9 Å². The number of likely N-dealkylation sites (tertiary alicyclic amines) is 1. The van der Waals surface area contributed by atoms with Gasteiger partial charge in [0.05, 0.1) is 12.6 Å². The topological polar surface area (TPSA) is 52.6 Å². The van der Waals surface area contributed by atoms with Gasteiger partial charge in [-0.2, -0.15) is 0 Å². The quantitative estimate of drug-likeness (QED) is 0.690. The summed E-state index contributed by atoms with van der Waals surface area (Å²) in [5.41, 5.74) is 0. The fourth-order valence-corrected chi connectivity index (χ4v) is 1.55. The van der Waals surface area contributed by atoms with Crippen LogP contribution in [-0.4, -0.2) is 47.7 Å². The molecule has 1 aliphatic rings. The predicted molar refractivity (Wildman–Crippen MR) is 46.2 cm³/mol. The van der Waals surface area contributed by atoms with Gasteiger partial charge < -0.3 is 15.3 Å². The standard InChI is InChI=1S/C8H14F2N2O2/c1-5-2-6(13)4-12(5)8(14)11-3-7(9)10/h5-7,13H,2-4H2,1H3,(H,11,14). The van der Waals surface area contributed by atoms with Gasteiger partial charge in [-0.25, -0.2) is 13.6 Å². The number of hydrogen-bond donors (Lipinski definition) is 2. The molecule has 0 aromatic heterocycles. The van der Waals surface area contributed by atoms with E-state index in [-0.39, 0.29) is 12.6 Å². The Bertz CT molecular complexity index is 214. The second kappa shape index (κ2) is 4.54. The van der Waals surface area contributed by atoms with Crippen molar-refractivity contribution in [2.24, 2.45) is 0 Å². The van der Waals surface area contributed by atoms with Gasteiger partial charge in [0.25, 0.3) is 6.43 Å². The highest BCUT2D eigenvalue weighted by Crippen LogP contribution is 2.16. The molecule has 0 bridgehead atoms. The van der Waals surface area contributed by atoms with E-state index >= 15 is 0 Å². The number of hydrogen-bond acceptors (Lipinski definition) is 2. The lowest BCUT2D eigenvalue weighted by Crippen LogP contribution is -2.43. The summed E-state index contributed by atoms with van der Waals surface area (Å²) < 4.78 is 23.5. The molecule has 0 spiro atoms. The minimum atomic E-state index is -2.54. The van der Waals surface area contributed by atoms with E-state index in [0.29, 0.717) is 6.42 Å². The van der Waals surface area contributed by atoms with E-state index in [4.69, 9.17) is 0 Å². The number of nitrogens with one attached hydrogen (secondary N) is 1. The van der Waals surface area contributed by atoms with Crippen molar-refractivity contribution in [1.29, 1.82) is 0 Å². The Balaban J connectivity index is 2.37. The molecule has 0 aromatic carbocycles. The van der Waals surface area contributed by atoms with Crippen LogP contribution in [0.1, 0.15) is 13.3 Å². The number of rotatable bonds is 2. The third-order valence-electron chi connectivity index (χ3n) is 2.22. The number of carbonyl (C=O) groups excluding carboxylic acids is 1. The van der Waals surface area contributed by atoms with E-state index in [1.807, 2.05) is 0 Å². The molecule has 82 valence electrons. The van der Waals surface area contributed by atoms with E-state index in [1.54, 1.807) is 6.92 Å². The molecule has 4 nitrogen and oxygen atoms in total. The normalized spacial score (nSPS) is 27.1. The Morgan fingerprint density at radius 3 is 2.79 bits per heavy atom. The maximum Gasteiger partial charge on any atom is 0.317 e. The molecule has 1 fully saturated rings. The van der Waals surface area contributed by atoms with Crippen molar-refractivity contribution in [3.63, 3.8) is 0 Å². The Morgan fingerprint density at radius 1 is 1.71 bits per heavy atom. The molecule has 2 atom stereocenters. The third kappa shape index (κ3) is 2.80. The van der Waals surface area contributed by atoms with Crippen LogP contribution in [0.2, 0.25) is 0 Å². The zero-order chi connectivity index (χ0) is 10.7. The Hall–Kier alpha value is -0.910. The summed E-state index contributed by atoms with van der Waals surface area (Å²) in [6.45, 7) is 1.35. The molecular weight excluding hydrogens is 194 g/mol. The molecule has 1 heterocycles. The zero-order valence-electron chi connectivity index (χ0n) is 7.91. The first-order valence-corrected chi connectivity index (χ1v) is 4.51. The van der Waals surface area contributed by atoms with Crippen molar-refractivity contribution in [3.05, 3.63) is 0 Å². The van der Waals surface area contributed by atoms with Gasteiger partial charge in [-0.3, -0.25) is 0 Å². The van der Waals surface area contributed by atoms with Crippen molar-refractivity contribution in [2.75, 3.05) is 13.1 Å². The molecule has 0 aliphatic carbocycles. The fourth-order valence-electron chi connectivity index (χ4n) is 1.55. The van der Waals surface area contributed by atoms with Crippen LogP contribution in [0.4, 0.5) is 13.6 Å². The van der Waals surface area contributed by atoms with Crippen LogP contribution in [0.25, 0.3) is 0 Å². The van der Waals surface area contributed by atoms with Crippen LogP contribution in [-0.2, 0) is 0 Å². The minimum absolute atomic E-state index is 0.0947. The first-order chi connectivity index (χ1) is 6.50. The van der Waals surface area contributed by atoms with Crippen LogP contribution < -0.4 is 5.32 Å². The monoisotopic (exact) mass is 208 g/mol. The second-order valence-electron chi connectivity index (χ2n) is 3.47. The van der Waals surface area contributed by atoms with Crippen molar-refractivity contribution in [1.82, 2.24) is 10.2 Å².